The van der Waals surface area contributed by atoms with Crippen LogP contribution in [0.15, 0.2) is 0 Å². The van der Waals surface area contributed by atoms with Crippen LogP contribution in [0.1, 0.15) is 32.1 Å². The van der Waals surface area contributed by atoms with Crippen molar-refractivity contribution in [2.45, 2.75) is 38.1 Å². The van der Waals surface area contributed by atoms with E-state index in [-0.39, 0.29) is 0 Å². The van der Waals surface area contributed by atoms with Gasteiger partial charge in [-0.2, -0.15) is 0 Å². The summed E-state index contributed by atoms with van der Waals surface area (Å²) in [6, 6.07) is 0.845. The third-order valence-corrected chi connectivity index (χ3v) is 2.17. The van der Waals surface area contributed by atoms with Gasteiger partial charge in [0.15, 0.2) is 0 Å². The highest BCUT2D eigenvalue weighted by atomic mass is 14.9. The second-order valence-corrected chi connectivity index (χ2v) is 3.08. The molecular formula is C8H18N2. The van der Waals surface area contributed by atoms with Crippen molar-refractivity contribution in [3.05, 3.63) is 0 Å². The van der Waals surface area contributed by atoms with Gasteiger partial charge in [-0.3, -0.25) is 0 Å². The molecule has 0 aromatic rings. The second kappa shape index (κ2) is 4.69. The van der Waals surface area contributed by atoms with Gasteiger partial charge in [-0.15, -0.1) is 0 Å². The molecule has 2 heteroatoms. The summed E-state index contributed by atoms with van der Waals surface area (Å²) in [6.45, 7) is 2.01. The average Bonchev–Trinajstić information content (AvgIpc) is 1.84. The lowest BCUT2D eigenvalue weighted by Gasteiger charge is -2.26. The van der Waals surface area contributed by atoms with E-state index in [9.17, 15) is 0 Å². The van der Waals surface area contributed by atoms with E-state index < -0.39 is 0 Å². The molecule has 1 aliphatic carbocycles. The lowest BCUT2D eigenvalue weighted by atomic mass is 9.93. The van der Waals surface area contributed by atoms with Crippen LogP contribution in [0.2, 0.25) is 0 Å². The maximum atomic E-state index is 5.36. The van der Waals surface area contributed by atoms with Crippen molar-refractivity contribution in [1.82, 2.24) is 5.32 Å². The van der Waals surface area contributed by atoms with Crippen molar-refractivity contribution in [2.24, 2.45) is 5.73 Å². The largest absolute Gasteiger partial charge is 0.330 e. The molecule has 1 fully saturated rings. The van der Waals surface area contributed by atoms with Crippen LogP contribution in [0, 0.1) is 0 Å². The van der Waals surface area contributed by atoms with Gasteiger partial charge in [0.05, 0.1) is 0 Å². The van der Waals surface area contributed by atoms with E-state index in [2.05, 4.69) is 5.32 Å². The number of hydrogen-bond acceptors (Lipinski definition) is 2. The molecule has 0 unspecified atom stereocenters. The number of nitrogens with one attached hydrogen (secondary N) is 1. The Kier molecular flexibility index (Phi) is 3.76. The maximum absolute atomic E-state index is 5.36. The molecule has 0 radical (unpaired) electrons. The van der Waals surface area contributed by atoms with Gasteiger partial charge in [-0.25, -0.2) is 0 Å². The van der Waals surface area contributed by atoms with E-state index in [1.54, 1.807) is 0 Å². The molecule has 0 bridgehead atoms. The summed E-state index contributed by atoms with van der Waals surface area (Å²) in [6.07, 6.45) is 6.62. The Morgan fingerprint density at radius 3 is 2.60 bits per heavy atom. The maximum Gasteiger partial charge on any atom is 0.00670 e. The van der Waals surface area contributed by atoms with Crippen molar-refractivity contribution in [3.8, 4) is 0 Å². The zero-order valence-corrected chi connectivity index (χ0v) is 6.60. The minimum absolute atomic E-state index is 0.840. The van der Waals surface area contributed by atoms with Crippen LogP contribution < -0.4 is 11.1 Å². The van der Waals surface area contributed by atoms with Crippen LogP contribution in [0.4, 0.5) is 0 Å². The van der Waals surface area contributed by atoms with Crippen LogP contribution in [-0.2, 0) is 0 Å². The number of rotatable bonds is 5. The Bertz CT molecular complexity index is 79.3. The molecule has 0 heterocycles. The molecule has 1 saturated carbocycles. The summed E-state index contributed by atoms with van der Waals surface area (Å²) >= 11 is 0. The zero-order chi connectivity index (χ0) is 7.23. The number of nitrogens with two attached hydrogens (primary N) is 1. The average molecular weight is 142 g/mol. The Hall–Kier alpha value is -0.0800. The van der Waals surface area contributed by atoms with Gasteiger partial charge in [0, 0.05) is 6.04 Å². The summed E-state index contributed by atoms with van der Waals surface area (Å²) in [4.78, 5) is 0. The van der Waals surface area contributed by atoms with Crippen molar-refractivity contribution in [3.63, 3.8) is 0 Å². The molecule has 10 heavy (non-hydrogen) atoms. The molecule has 2 nitrogen and oxygen atoms in total. The topological polar surface area (TPSA) is 38.0 Å². The Balaban J connectivity index is 1.76. The summed E-state index contributed by atoms with van der Waals surface area (Å²) in [5, 5.41) is 3.50. The molecule has 0 atom stereocenters. The minimum Gasteiger partial charge on any atom is -0.330 e. The van der Waals surface area contributed by atoms with Crippen LogP contribution >= 0.6 is 0 Å². The Morgan fingerprint density at radius 2 is 2.10 bits per heavy atom. The van der Waals surface area contributed by atoms with Crippen LogP contribution in [0.5, 0.6) is 0 Å². The van der Waals surface area contributed by atoms with Crippen molar-refractivity contribution in [1.29, 1.82) is 0 Å². The van der Waals surface area contributed by atoms with Gasteiger partial charge in [-0.1, -0.05) is 6.42 Å². The molecule has 60 valence electrons. The molecule has 0 aromatic heterocycles. The molecule has 1 aliphatic rings. The highest BCUT2D eigenvalue weighted by molar-refractivity contribution is 4.75. The zero-order valence-electron chi connectivity index (χ0n) is 6.60. The smallest absolute Gasteiger partial charge is 0.00670 e. The summed E-state index contributed by atoms with van der Waals surface area (Å²) in [7, 11) is 0. The van der Waals surface area contributed by atoms with Crippen molar-refractivity contribution < 1.29 is 0 Å². The van der Waals surface area contributed by atoms with Crippen molar-refractivity contribution >= 4 is 0 Å². The molecule has 0 spiro atoms. The summed E-state index contributed by atoms with van der Waals surface area (Å²) in [5.74, 6) is 0. The highest BCUT2D eigenvalue weighted by Crippen LogP contribution is 2.17. The van der Waals surface area contributed by atoms with Gasteiger partial charge in [0.1, 0.15) is 0 Å². The van der Waals surface area contributed by atoms with Crippen LogP contribution in [0.25, 0.3) is 0 Å². The third-order valence-electron chi connectivity index (χ3n) is 2.17. The lowest BCUT2D eigenvalue weighted by molar-refractivity contribution is 0.338. The molecule has 0 aromatic carbocycles. The molecule has 1 rings (SSSR count). The normalized spacial score (nSPS) is 18.9. The number of hydrogen-bond donors (Lipinski definition) is 2. The fraction of sp³-hybridized carbons (Fsp3) is 1.00. The molecule has 0 amide bonds. The van der Waals surface area contributed by atoms with E-state index in [0.717, 1.165) is 12.6 Å². The monoisotopic (exact) mass is 142 g/mol. The fourth-order valence-electron chi connectivity index (χ4n) is 1.19. The SMILES string of the molecule is NCCCCNC1CCC1. The second-order valence-electron chi connectivity index (χ2n) is 3.08. The predicted molar refractivity (Wildman–Crippen MR) is 43.9 cm³/mol. The molecule has 0 saturated heterocycles. The minimum atomic E-state index is 0.840. The van der Waals surface area contributed by atoms with Crippen LogP contribution in [0.3, 0.4) is 0 Å². The first-order valence-corrected chi connectivity index (χ1v) is 4.37. The molecular weight excluding hydrogens is 124 g/mol. The van der Waals surface area contributed by atoms with Gasteiger partial charge in [0.25, 0.3) is 0 Å². The fourth-order valence-corrected chi connectivity index (χ4v) is 1.19. The van der Waals surface area contributed by atoms with E-state index in [0.29, 0.717) is 0 Å². The molecule has 0 aliphatic heterocycles. The first kappa shape index (κ1) is 8.02. The highest BCUT2D eigenvalue weighted by Gasteiger charge is 2.15. The molecule has 3 N–H and O–H groups in total. The van der Waals surface area contributed by atoms with E-state index in [1.807, 2.05) is 0 Å². The van der Waals surface area contributed by atoms with Gasteiger partial charge >= 0.3 is 0 Å². The Labute approximate surface area is 63.2 Å². The van der Waals surface area contributed by atoms with E-state index in [1.165, 1.54) is 38.6 Å². The Morgan fingerprint density at radius 1 is 1.30 bits per heavy atom. The first-order chi connectivity index (χ1) is 4.93. The van der Waals surface area contributed by atoms with Crippen LogP contribution in [-0.4, -0.2) is 19.1 Å². The van der Waals surface area contributed by atoms with Gasteiger partial charge in [-0.05, 0) is 38.8 Å². The predicted octanol–water partition coefficient (Wildman–Crippen LogP) is 0.867. The van der Waals surface area contributed by atoms with E-state index >= 15 is 0 Å². The first-order valence-electron chi connectivity index (χ1n) is 4.37. The summed E-state index contributed by atoms with van der Waals surface area (Å²) in [5.41, 5.74) is 5.36. The lowest BCUT2D eigenvalue weighted by Crippen LogP contribution is -2.35. The summed E-state index contributed by atoms with van der Waals surface area (Å²) < 4.78 is 0. The van der Waals surface area contributed by atoms with Gasteiger partial charge < -0.3 is 11.1 Å². The quantitative estimate of drug-likeness (QED) is 0.559. The van der Waals surface area contributed by atoms with Gasteiger partial charge in [0.2, 0.25) is 0 Å². The third kappa shape index (κ3) is 2.67. The number of unbranched alkanes of at least 4 members (excludes halogenated alkanes) is 1. The standard InChI is InChI=1S/C8H18N2/c9-6-1-2-7-10-8-4-3-5-8/h8,10H,1-7,9H2. The van der Waals surface area contributed by atoms with Crippen molar-refractivity contribution in [2.75, 3.05) is 13.1 Å². The van der Waals surface area contributed by atoms with E-state index in [4.69, 9.17) is 5.73 Å².